The molecule has 1 rings (SSSR count). The van der Waals surface area contributed by atoms with E-state index in [-0.39, 0.29) is 5.54 Å². The number of rotatable bonds is 7. The second-order valence-corrected chi connectivity index (χ2v) is 4.35. The molecule has 92 valence electrons. The van der Waals surface area contributed by atoms with Gasteiger partial charge in [0.1, 0.15) is 6.61 Å². The van der Waals surface area contributed by atoms with Gasteiger partial charge in [0.15, 0.2) is 5.82 Å². The zero-order chi connectivity index (χ0) is 12.0. The highest BCUT2D eigenvalue weighted by molar-refractivity contribution is 4.85. The molecular weight excluding hydrogens is 206 g/mol. The molecule has 0 aliphatic rings. The summed E-state index contributed by atoms with van der Waals surface area (Å²) in [5.74, 6) is 1.27. The third-order valence-electron chi connectivity index (χ3n) is 2.45. The van der Waals surface area contributed by atoms with Gasteiger partial charge in [0.05, 0.1) is 6.61 Å². The van der Waals surface area contributed by atoms with E-state index >= 15 is 0 Å². The Morgan fingerprint density at radius 1 is 1.44 bits per heavy atom. The van der Waals surface area contributed by atoms with Crippen LogP contribution in [0.5, 0.6) is 0 Å². The maximum absolute atomic E-state index is 5.94. The highest BCUT2D eigenvalue weighted by Crippen LogP contribution is 2.07. The predicted octanol–water partition coefficient (Wildman–Crippen LogP) is 1.67. The molecule has 0 saturated heterocycles. The van der Waals surface area contributed by atoms with E-state index in [9.17, 15) is 0 Å². The number of hydrogen-bond acceptors (Lipinski definition) is 5. The van der Waals surface area contributed by atoms with Gasteiger partial charge in [-0.1, -0.05) is 19.0 Å². The number of hydrogen-bond donors (Lipinski definition) is 1. The van der Waals surface area contributed by atoms with Crippen molar-refractivity contribution in [3.8, 4) is 0 Å². The van der Waals surface area contributed by atoms with E-state index in [4.69, 9.17) is 15.0 Å². The first-order valence-electron chi connectivity index (χ1n) is 5.75. The summed E-state index contributed by atoms with van der Waals surface area (Å²) < 4.78 is 10.5. The van der Waals surface area contributed by atoms with E-state index in [1.54, 1.807) is 0 Å². The van der Waals surface area contributed by atoms with Crippen LogP contribution in [-0.2, 0) is 17.8 Å². The minimum absolute atomic E-state index is 0.285. The fourth-order valence-electron chi connectivity index (χ4n) is 1.15. The van der Waals surface area contributed by atoms with Crippen LogP contribution in [0.3, 0.4) is 0 Å². The van der Waals surface area contributed by atoms with Gasteiger partial charge in [-0.25, -0.2) is 0 Å². The van der Waals surface area contributed by atoms with Gasteiger partial charge >= 0.3 is 0 Å². The topological polar surface area (TPSA) is 74.2 Å². The van der Waals surface area contributed by atoms with Crippen LogP contribution in [-0.4, -0.2) is 22.3 Å². The van der Waals surface area contributed by atoms with Crippen LogP contribution in [0.4, 0.5) is 0 Å². The van der Waals surface area contributed by atoms with Crippen molar-refractivity contribution in [2.45, 2.75) is 52.2 Å². The highest BCUT2D eigenvalue weighted by atomic mass is 16.5. The summed E-state index contributed by atoms with van der Waals surface area (Å²) in [6, 6.07) is 0. The third kappa shape index (κ3) is 4.28. The molecule has 0 fully saturated rings. The molecule has 0 amide bonds. The largest absolute Gasteiger partial charge is 0.370 e. The van der Waals surface area contributed by atoms with Crippen molar-refractivity contribution in [2.75, 3.05) is 6.61 Å². The molecule has 1 heterocycles. The molecular formula is C11H21N3O2. The van der Waals surface area contributed by atoms with Gasteiger partial charge in [-0.3, -0.25) is 0 Å². The maximum atomic E-state index is 5.94. The Bertz CT molecular complexity index is 310. The van der Waals surface area contributed by atoms with Crippen molar-refractivity contribution in [3.63, 3.8) is 0 Å². The molecule has 1 unspecified atom stereocenters. The third-order valence-corrected chi connectivity index (χ3v) is 2.45. The molecule has 5 heteroatoms. The molecule has 0 saturated carbocycles. The van der Waals surface area contributed by atoms with E-state index in [1.807, 2.05) is 13.8 Å². The zero-order valence-electron chi connectivity index (χ0n) is 10.3. The number of aryl methyl sites for hydroxylation is 1. The Balaban J connectivity index is 2.31. The van der Waals surface area contributed by atoms with Crippen LogP contribution in [0.1, 0.15) is 45.3 Å². The molecule has 5 nitrogen and oxygen atoms in total. The van der Waals surface area contributed by atoms with Crippen molar-refractivity contribution < 1.29 is 9.26 Å². The fraction of sp³-hybridized carbons (Fsp3) is 0.818. The van der Waals surface area contributed by atoms with E-state index in [2.05, 4.69) is 17.1 Å². The molecule has 16 heavy (non-hydrogen) atoms. The Hall–Kier alpha value is -0.940. The minimum atomic E-state index is -0.285. The molecule has 2 N–H and O–H groups in total. The van der Waals surface area contributed by atoms with Gasteiger partial charge < -0.3 is 15.0 Å². The first-order chi connectivity index (χ1) is 7.57. The second kappa shape index (κ2) is 5.96. The molecule has 1 atom stereocenters. The lowest BCUT2D eigenvalue weighted by Crippen LogP contribution is -2.40. The van der Waals surface area contributed by atoms with Crippen molar-refractivity contribution in [3.05, 3.63) is 11.7 Å². The summed E-state index contributed by atoms with van der Waals surface area (Å²) >= 11 is 0. The van der Waals surface area contributed by atoms with E-state index in [0.29, 0.717) is 19.1 Å². The Morgan fingerprint density at radius 2 is 2.19 bits per heavy atom. The SMILES string of the molecule is CCCc1noc(COCC(C)(N)CC)n1. The van der Waals surface area contributed by atoms with E-state index in [0.717, 1.165) is 25.1 Å². The highest BCUT2D eigenvalue weighted by Gasteiger charge is 2.16. The molecule has 0 aliphatic carbocycles. The molecule has 0 bridgehead atoms. The van der Waals surface area contributed by atoms with E-state index in [1.165, 1.54) is 0 Å². The van der Waals surface area contributed by atoms with Crippen molar-refractivity contribution in [1.82, 2.24) is 10.1 Å². The summed E-state index contributed by atoms with van der Waals surface area (Å²) in [7, 11) is 0. The molecule has 0 aliphatic heterocycles. The Morgan fingerprint density at radius 3 is 2.81 bits per heavy atom. The smallest absolute Gasteiger partial charge is 0.252 e. The number of ether oxygens (including phenoxy) is 1. The summed E-state index contributed by atoms with van der Waals surface area (Å²) in [5.41, 5.74) is 5.66. The standard InChI is InChI=1S/C11H21N3O2/c1-4-6-9-13-10(16-14-9)7-15-8-11(3,12)5-2/h4-8,12H2,1-3H3. The van der Waals surface area contributed by atoms with Crippen molar-refractivity contribution in [2.24, 2.45) is 5.73 Å². The van der Waals surface area contributed by atoms with Gasteiger partial charge in [-0.2, -0.15) is 4.98 Å². The van der Waals surface area contributed by atoms with Crippen LogP contribution in [0, 0.1) is 0 Å². The Labute approximate surface area is 96.4 Å². The average Bonchev–Trinajstić information content (AvgIpc) is 2.66. The van der Waals surface area contributed by atoms with Crippen LogP contribution < -0.4 is 5.73 Å². The fourth-order valence-corrected chi connectivity index (χ4v) is 1.15. The van der Waals surface area contributed by atoms with Gasteiger partial charge in [0.2, 0.25) is 0 Å². The van der Waals surface area contributed by atoms with Gasteiger partial charge in [0.25, 0.3) is 5.89 Å². The summed E-state index contributed by atoms with van der Waals surface area (Å²) in [6.07, 6.45) is 2.72. The number of aromatic nitrogens is 2. The zero-order valence-corrected chi connectivity index (χ0v) is 10.3. The van der Waals surface area contributed by atoms with E-state index < -0.39 is 0 Å². The molecule has 1 aromatic heterocycles. The molecule has 0 aromatic carbocycles. The average molecular weight is 227 g/mol. The number of nitrogens with two attached hydrogens (primary N) is 1. The molecule has 0 spiro atoms. The first kappa shape index (κ1) is 13.1. The van der Waals surface area contributed by atoms with Gasteiger partial charge in [-0.05, 0) is 19.8 Å². The summed E-state index contributed by atoms with van der Waals surface area (Å²) in [6.45, 7) is 6.91. The van der Waals surface area contributed by atoms with Crippen molar-refractivity contribution >= 4 is 0 Å². The first-order valence-corrected chi connectivity index (χ1v) is 5.75. The van der Waals surface area contributed by atoms with Gasteiger partial charge in [-0.15, -0.1) is 0 Å². The lowest BCUT2D eigenvalue weighted by atomic mass is 10.0. The summed E-state index contributed by atoms with van der Waals surface area (Å²) in [4.78, 5) is 4.20. The van der Waals surface area contributed by atoms with Crippen LogP contribution in [0.2, 0.25) is 0 Å². The molecule has 1 aromatic rings. The normalized spacial score (nSPS) is 15.0. The lowest BCUT2D eigenvalue weighted by Gasteiger charge is -2.21. The summed E-state index contributed by atoms with van der Waals surface area (Å²) in [5, 5.41) is 3.84. The second-order valence-electron chi connectivity index (χ2n) is 4.35. The quantitative estimate of drug-likeness (QED) is 0.767. The monoisotopic (exact) mass is 227 g/mol. The van der Waals surface area contributed by atoms with Crippen LogP contribution in [0.25, 0.3) is 0 Å². The minimum Gasteiger partial charge on any atom is -0.370 e. The molecule has 0 radical (unpaired) electrons. The lowest BCUT2D eigenvalue weighted by molar-refractivity contribution is 0.0611. The van der Waals surface area contributed by atoms with Crippen LogP contribution >= 0.6 is 0 Å². The Kier molecular flexibility index (Phi) is 4.89. The van der Waals surface area contributed by atoms with Gasteiger partial charge in [0, 0.05) is 12.0 Å². The maximum Gasteiger partial charge on any atom is 0.252 e. The number of nitrogens with zero attached hydrogens (tertiary/aromatic N) is 2. The van der Waals surface area contributed by atoms with Crippen LogP contribution in [0.15, 0.2) is 4.52 Å². The predicted molar refractivity (Wildman–Crippen MR) is 60.8 cm³/mol. The van der Waals surface area contributed by atoms with Crippen molar-refractivity contribution in [1.29, 1.82) is 0 Å².